The zero-order valence-electron chi connectivity index (χ0n) is 11.4. The third-order valence-electron chi connectivity index (χ3n) is 3.08. The van der Waals surface area contributed by atoms with E-state index in [1.165, 1.54) is 0 Å². The van der Waals surface area contributed by atoms with Gasteiger partial charge in [0.2, 0.25) is 0 Å². The summed E-state index contributed by atoms with van der Waals surface area (Å²) < 4.78 is 16.5. The summed E-state index contributed by atoms with van der Waals surface area (Å²) in [5.74, 6) is 0.339. The Hall–Kier alpha value is -2.31. The molecule has 6 heteroatoms. The molecule has 5 nitrogen and oxygen atoms in total. The Balaban J connectivity index is 1.78. The molecule has 1 heterocycles. The number of carbonyl (C=O) groups is 1. The van der Waals surface area contributed by atoms with E-state index in [2.05, 4.69) is 15.0 Å². The minimum atomic E-state index is -2.48. The molecule has 0 aliphatic carbocycles. The van der Waals surface area contributed by atoms with Crippen LogP contribution in [0.15, 0.2) is 63.9 Å². The van der Waals surface area contributed by atoms with Crippen molar-refractivity contribution in [2.24, 2.45) is 4.40 Å². The molecule has 3 rings (SSSR count). The average Bonchev–Trinajstić information content (AvgIpc) is 2.72. The van der Waals surface area contributed by atoms with Gasteiger partial charge in [-0.2, -0.15) is 10.5 Å². The number of amides is 2. The number of nitrogens with one attached hydrogen (secondary N) is 2. The van der Waals surface area contributed by atoms with Gasteiger partial charge in [-0.3, -0.25) is 5.32 Å². The van der Waals surface area contributed by atoms with E-state index < -0.39 is 16.5 Å². The summed E-state index contributed by atoms with van der Waals surface area (Å²) in [5, 5.41) is 5.36. The molecule has 2 amide bonds. The Morgan fingerprint density at radius 1 is 1.05 bits per heavy atom. The summed E-state index contributed by atoms with van der Waals surface area (Å²) in [4.78, 5) is 12.6. The zero-order valence-corrected chi connectivity index (χ0v) is 12.2. The summed E-state index contributed by atoms with van der Waals surface area (Å²) in [5.41, 5.74) is 1.38. The second kappa shape index (κ2) is 5.23. The van der Waals surface area contributed by atoms with Crippen LogP contribution < -0.4 is 10.6 Å². The molecular formula is C15H14N3O2S-. The first kappa shape index (κ1) is 13.7. The maximum absolute atomic E-state index is 12.4. The van der Waals surface area contributed by atoms with Gasteiger partial charge in [-0.1, -0.05) is 36.4 Å². The summed E-state index contributed by atoms with van der Waals surface area (Å²) in [6, 6.07) is 15.9. The van der Waals surface area contributed by atoms with E-state index >= 15 is 0 Å². The number of amidine groups is 1. The lowest BCUT2D eigenvalue weighted by Gasteiger charge is -2.34. The smallest absolute Gasteiger partial charge is 0.324 e. The van der Waals surface area contributed by atoms with E-state index in [1.54, 1.807) is 30.5 Å². The third-order valence-corrected chi connectivity index (χ3v) is 4.78. The molecule has 0 saturated carbocycles. The van der Waals surface area contributed by atoms with E-state index in [-0.39, 0.29) is 0 Å². The number of anilines is 1. The molecule has 1 aliphatic heterocycles. The molecule has 2 N–H and O–H groups in total. The van der Waals surface area contributed by atoms with Gasteiger partial charge in [-0.15, -0.1) is 0 Å². The summed E-state index contributed by atoms with van der Waals surface area (Å²) in [7, 11) is -2.48. The highest BCUT2D eigenvalue weighted by Crippen LogP contribution is 2.55. The van der Waals surface area contributed by atoms with Crippen LogP contribution in [0, 0.1) is 0 Å². The van der Waals surface area contributed by atoms with Crippen molar-refractivity contribution in [3.63, 3.8) is 0 Å². The lowest BCUT2D eigenvalue weighted by molar-refractivity contribution is 0.256. The lowest BCUT2D eigenvalue weighted by atomic mass is 10.2. The van der Waals surface area contributed by atoms with Crippen molar-refractivity contribution in [1.82, 2.24) is 5.32 Å². The average molecular weight is 300 g/mol. The van der Waals surface area contributed by atoms with Crippen molar-refractivity contribution in [1.29, 1.82) is 0 Å². The van der Waals surface area contributed by atoms with Gasteiger partial charge in [0.25, 0.3) is 0 Å². The van der Waals surface area contributed by atoms with Crippen LogP contribution in [0.25, 0.3) is 0 Å². The van der Waals surface area contributed by atoms with Gasteiger partial charge < -0.3 is 9.87 Å². The molecule has 21 heavy (non-hydrogen) atoms. The summed E-state index contributed by atoms with van der Waals surface area (Å²) in [6.07, 6.45) is 1.57. The van der Waals surface area contributed by atoms with Gasteiger partial charge in [-0.05, 0) is 24.5 Å². The van der Waals surface area contributed by atoms with Gasteiger partial charge in [0.15, 0.2) is 0 Å². The first-order valence-corrected chi connectivity index (χ1v) is 8.30. The van der Waals surface area contributed by atoms with E-state index in [0.717, 1.165) is 0 Å². The number of hydrogen-bond donors (Lipinski definition) is 2. The number of fused-ring (bicyclic) bond motifs is 1. The molecular weight excluding hydrogens is 286 g/mol. The molecule has 0 fully saturated rings. The topological polar surface area (TPSA) is 76.6 Å². The van der Waals surface area contributed by atoms with Gasteiger partial charge >= 0.3 is 6.03 Å². The van der Waals surface area contributed by atoms with E-state index in [1.807, 2.05) is 30.3 Å². The molecule has 0 saturated heterocycles. The number of rotatable bonds is 1. The number of benzene rings is 2. The largest absolute Gasteiger partial charge is 0.792 e. The van der Waals surface area contributed by atoms with Crippen molar-refractivity contribution in [2.75, 3.05) is 11.6 Å². The zero-order chi connectivity index (χ0) is 14.9. The Kier molecular flexibility index (Phi) is 3.40. The van der Waals surface area contributed by atoms with Gasteiger partial charge in [0.05, 0.1) is 0 Å². The van der Waals surface area contributed by atoms with Crippen LogP contribution in [-0.2, 0) is 0 Å². The number of para-hydroxylation sites is 1. The second-order valence-corrected chi connectivity index (χ2v) is 6.91. The standard InChI is InChI=1S/C15H15N3O2S/c1-21(20)13-10-6-5-9-12(13)14(18-21)17-15(19)16-11-7-3-2-4-8-11/h2-10,20H,1H3,(H2,16,17,18,19)/p-1. The predicted octanol–water partition coefficient (Wildman–Crippen LogP) is 3.11. The number of hydrogen-bond acceptors (Lipinski definition) is 3. The molecule has 0 bridgehead atoms. The minimum absolute atomic E-state index is 0.339. The normalized spacial score (nSPS) is 22.7. The molecule has 0 spiro atoms. The molecule has 0 aromatic heterocycles. The first-order valence-electron chi connectivity index (χ1n) is 6.38. The quantitative estimate of drug-likeness (QED) is 0.849. The Bertz CT molecular complexity index is 714. The highest BCUT2D eigenvalue weighted by atomic mass is 32.3. The van der Waals surface area contributed by atoms with E-state index in [4.69, 9.17) is 0 Å². The Morgan fingerprint density at radius 2 is 1.71 bits per heavy atom. The van der Waals surface area contributed by atoms with Crippen LogP contribution in [0.5, 0.6) is 0 Å². The summed E-state index contributed by atoms with van der Waals surface area (Å²) in [6.45, 7) is 0. The van der Waals surface area contributed by atoms with Crippen LogP contribution >= 0.6 is 10.5 Å². The van der Waals surface area contributed by atoms with Crippen LogP contribution in [-0.4, -0.2) is 22.7 Å². The van der Waals surface area contributed by atoms with Crippen LogP contribution in [0.3, 0.4) is 0 Å². The van der Waals surface area contributed by atoms with Crippen molar-refractivity contribution in [2.45, 2.75) is 4.90 Å². The maximum Gasteiger partial charge on any atom is 0.324 e. The predicted molar refractivity (Wildman–Crippen MR) is 84.1 cm³/mol. The molecule has 1 atom stereocenters. The van der Waals surface area contributed by atoms with Gasteiger partial charge in [0.1, 0.15) is 5.84 Å². The fourth-order valence-electron chi connectivity index (χ4n) is 2.15. The Morgan fingerprint density at radius 3 is 2.48 bits per heavy atom. The number of nitrogens with zero attached hydrogens (tertiary/aromatic N) is 1. The second-order valence-electron chi connectivity index (χ2n) is 4.68. The monoisotopic (exact) mass is 300 g/mol. The SMILES string of the molecule is CS1([O-])N=C(NC(=O)Nc2ccccc2)c2ccccc21. The first-order chi connectivity index (χ1) is 10.1. The molecule has 1 aliphatic rings. The summed E-state index contributed by atoms with van der Waals surface area (Å²) >= 11 is 0. The van der Waals surface area contributed by atoms with Gasteiger partial charge in [0, 0.05) is 16.1 Å². The highest BCUT2D eigenvalue weighted by molar-refractivity contribution is 8.27. The van der Waals surface area contributed by atoms with Crippen molar-refractivity contribution in [3.05, 3.63) is 60.2 Å². The fraction of sp³-hybridized carbons (Fsp3) is 0.0667. The molecule has 2 aromatic rings. The molecule has 0 radical (unpaired) electrons. The minimum Gasteiger partial charge on any atom is -0.792 e. The number of urea groups is 1. The van der Waals surface area contributed by atoms with Crippen LogP contribution in [0.4, 0.5) is 10.5 Å². The molecule has 108 valence electrons. The highest BCUT2D eigenvalue weighted by Gasteiger charge is 2.24. The maximum atomic E-state index is 12.4. The van der Waals surface area contributed by atoms with Crippen molar-refractivity contribution in [3.8, 4) is 0 Å². The van der Waals surface area contributed by atoms with Crippen molar-refractivity contribution < 1.29 is 9.35 Å². The van der Waals surface area contributed by atoms with Gasteiger partial charge in [-0.25, -0.2) is 9.19 Å². The van der Waals surface area contributed by atoms with E-state index in [0.29, 0.717) is 22.0 Å². The fourth-order valence-corrected chi connectivity index (χ4v) is 3.64. The van der Waals surface area contributed by atoms with E-state index in [9.17, 15) is 9.35 Å². The molecule has 2 aromatic carbocycles. The van der Waals surface area contributed by atoms with Crippen molar-refractivity contribution >= 4 is 28.0 Å². The molecule has 1 unspecified atom stereocenters. The van der Waals surface area contributed by atoms with Crippen LogP contribution in [0.2, 0.25) is 0 Å². The van der Waals surface area contributed by atoms with Crippen LogP contribution in [0.1, 0.15) is 5.56 Å². The Labute approximate surface area is 124 Å². The lowest BCUT2D eigenvalue weighted by Crippen LogP contribution is -2.34. The number of carbonyl (C=O) groups excluding carboxylic acids is 1. The third kappa shape index (κ3) is 2.76.